The lowest BCUT2D eigenvalue weighted by Crippen LogP contribution is -2.70. The highest BCUT2D eigenvalue weighted by Gasteiger charge is 2.39. The Bertz CT molecular complexity index is 266. The molecule has 0 aromatic rings. The summed E-state index contributed by atoms with van der Waals surface area (Å²) in [7, 11) is 0. The molecule has 0 aromatic heterocycles. The second-order valence-corrected chi connectivity index (χ2v) is 4.11. The topological polar surface area (TPSA) is 61.4 Å². The second-order valence-electron chi connectivity index (χ2n) is 4.11. The summed E-state index contributed by atoms with van der Waals surface area (Å²) in [6.45, 7) is 3.47. The lowest BCUT2D eigenvalue weighted by molar-refractivity contribution is -0.139. The van der Waals surface area contributed by atoms with E-state index in [1.807, 2.05) is 0 Å². The summed E-state index contributed by atoms with van der Waals surface area (Å²) in [5, 5.41) is 15.3. The van der Waals surface area contributed by atoms with Gasteiger partial charge in [0.05, 0.1) is 12.0 Å². The molecule has 84 valence electrons. The molecule has 0 radical (unpaired) electrons. The molecule has 1 heterocycles. The highest BCUT2D eigenvalue weighted by Crippen LogP contribution is 2.18. The first-order valence-electron chi connectivity index (χ1n) is 5.25. The molecule has 0 saturated carbocycles. The van der Waals surface area contributed by atoms with Crippen molar-refractivity contribution in [1.82, 2.24) is 10.6 Å². The van der Waals surface area contributed by atoms with Gasteiger partial charge in [-0.25, -0.2) is 0 Å². The average Bonchev–Trinajstić information content (AvgIpc) is 2.12. The Balaban J connectivity index is 2.51. The highest BCUT2D eigenvalue weighted by atomic mass is 16.4. The molecule has 4 nitrogen and oxygen atoms in total. The van der Waals surface area contributed by atoms with E-state index in [1.165, 1.54) is 0 Å². The maximum absolute atomic E-state index is 10.7. The van der Waals surface area contributed by atoms with Gasteiger partial charge in [-0.3, -0.25) is 4.79 Å². The predicted octanol–water partition coefficient (Wildman–Crippen LogP) is 0.195. The summed E-state index contributed by atoms with van der Waals surface area (Å²) >= 11 is 0. The van der Waals surface area contributed by atoms with Crippen molar-refractivity contribution in [2.24, 2.45) is 0 Å². The number of nitrogens with one attached hydrogen (secondary N) is 2. The third-order valence-electron chi connectivity index (χ3n) is 2.78. The van der Waals surface area contributed by atoms with Crippen LogP contribution in [0.3, 0.4) is 0 Å². The molecule has 1 aliphatic heterocycles. The quantitative estimate of drug-likeness (QED) is 0.548. The van der Waals surface area contributed by atoms with Crippen LogP contribution in [0.1, 0.15) is 26.2 Å². The van der Waals surface area contributed by atoms with Crippen LogP contribution in [-0.2, 0) is 4.79 Å². The summed E-state index contributed by atoms with van der Waals surface area (Å²) in [6, 6.07) is 0.219. The summed E-state index contributed by atoms with van der Waals surface area (Å²) in [5.41, 5.74) is -0.288. The van der Waals surface area contributed by atoms with E-state index in [0.29, 0.717) is 19.5 Å². The van der Waals surface area contributed by atoms with Gasteiger partial charge in [-0.15, -0.1) is 12.3 Å². The van der Waals surface area contributed by atoms with Crippen molar-refractivity contribution in [2.75, 3.05) is 13.1 Å². The lowest BCUT2D eigenvalue weighted by Gasteiger charge is -2.44. The van der Waals surface area contributed by atoms with E-state index in [9.17, 15) is 4.79 Å². The molecule has 0 amide bonds. The number of carbonyl (C=O) groups is 1. The summed E-state index contributed by atoms with van der Waals surface area (Å²) in [6.07, 6.45) is 6.99. The van der Waals surface area contributed by atoms with E-state index >= 15 is 0 Å². The number of hydrogen-bond acceptors (Lipinski definition) is 3. The van der Waals surface area contributed by atoms with Crippen molar-refractivity contribution >= 4 is 5.97 Å². The number of hydrogen-bond donors (Lipinski definition) is 3. The largest absolute Gasteiger partial charge is 0.481 e. The lowest BCUT2D eigenvalue weighted by atomic mass is 9.87. The van der Waals surface area contributed by atoms with Crippen LogP contribution in [0.25, 0.3) is 0 Å². The minimum absolute atomic E-state index is 0.154. The fraction of sp³-hybridized carbons (Fsp3) is 0.727. The molecule has 1 atom stereocenters. The first-order chi connectivity index (χ1) is 7.12. The molecule has 0 bridgehead atoms. The number of rotatable bonds is 6. The monoisotopic (exact) mass is 210 g/mol. The SMILES string of the molecule is C#CCC(CC)NC1(CC(=O)O)CNC1. The second kappa shape index (κ2) is 5.15. The molecule has 1 aliphatic rings. The van der Waals surface area contributed by atoms with Crippen LogP contribution < -0.4 is 10.6 Å². The molecular weight excluding hydrogens is 192 g/mol. The van der Waals surface area contributed by atoms with Gasteiger partial charge in [0, 0.05) is 25.6 Å². The van der Waals surface area contributed by atoms with E-state index in [1.54, 1.807) is 0 Å². The van der Waals surface area contributed by atoms with Crippen molar-refractivity contribution in [2.45, 2.75) is 37.8 Å². The van der Waals surface area contributed by atoms with Gasteiger partial charge >= 0.3 is 5.97 Å². The Labute approximate surface area is 90.4 Å². The Morgan fingerprint density at radius 1 is 1.73 bits per heavy atom. The fourth-order valence-electron chi connectivity index (χ4n) is 1.87. The Morgan fingerprint density at radius 3 is 2.73 bits per heavy atom. The van der Waals surface area contributed by atoms with Gasteiger partial charge in [0.25, 0.3) is 0 Å². The molecule has 1 unspecified atom stereocenters. The molecular formula is C11H18N2O2. The van der Waals surface area contributed by atoms with Gasteiger partial charge in [0.15, 0.2) is 0 Å². The molecule has 1 rings (SSSR count). The summed E-state index contributed by atoms with van der Waals surface area (Å²) in [4.78, 5) is 10.7. The van der Waals surface area contributed by atoms with Gasteiger partial charge in [0.2, 0.25) is 0 Å². The first-order valence-corrected chi connectivity index (χ1v) is 5.25. The van der Waals surface area contributed by atoms with Crippen LogP contribution in [0, 0.1) is 12.3 Å². The van der Waals surface area contributed by atoms with E-state index in [0.717, 1.165) is 6.42 Å². The van der Waals surface area contributed by atoms with E-state index < -0.39 is 5.97 Å². The van der Waals surface area contributed by atoms with E-state index in [-0.39, 0.29) is 18.0 Å². The first kappa shape index (κ1) is 12.0. The van der Waals surface area contributed by atoms with Gasteiger partial charge in [-0.2, -0.15) is 0 Å². The van der Waals surface area contributed by atoms with Crippen molar-refractivity contribution < 1.29 is 9.90 Å². The van der Waals surface area contributed by atoms with Gasteiger partial charge in [-0.1, -0.05) is 6.92 Å². The van der Waals surface area contributed by atoms with Gasteiger partial charge in [0.1, 0.15) is 0 Å². The molecule has 0 aliphatic carbocycles. The minimum atomic E-state index is -0.764. The zero-order chi connectivity index (χ0) is 11.3. The van der Waals surface area contributed by atoms with Crippen LogP contribution in [0.5, 0.6) is 0 Å². The number of terminal acetylenes is 1. The molecule has 1 saturated heterocycles. The van der Waals surface area contributed by atoms with Crippen molar-refractivity contribution in [3.63, 3.8) is 0 Å². The van der Waals surface area contributed by atoms with E-state index in [4.69, 9.17) is 11.5 Å². The van der Waals surface area contributed by atoms with Gasteiger partial charge < -0.3 is 15.7 Å². The molecule has 4 heteroatoms. The zero-order valence-corrected chi connectivity index (χ0v) is 9.05. The third kappa shape index (κ3) is 3.22. The van der Waals surface area contributed by atoms with Crippen LogP contribution in [-0.4, -0.2) is 35.7 Å². The predicted molar refractivity (Wildman–Crippen MR) is 58.5 cm³/mol. The summed E-state index contributed by atoms with van der Waals surface area (Å²) < 4.78 is 0. The van der Waals surface area contributed by atoms with Crippen molar-refractivity contribution in [1.29, 1.82) is 0 Å². The molecule has 15 heavy (non-hydrogen) atoms. The molecule has 0 aromatic carbocycles. The smallest absolute Gasteiger partial charge is 0.305 e. The van der Waals surface area contributed by atoms with Crippen molar-refractivity contribution in [3.8, 4) is 12.3 Å². The minimum Gasteiger partial charge on any atom is -0.481 e. The average molecular weight is 210 g/mol. The molecule has 3 N–H and O–H groups in total. The Morgan fingerprint density at radius 2 is 2.40 bits per heavy atom. The van der Waals surface area contributed by atoms with Crippen LogP contribution >= 0.6 is 0 Å². The highest BCUT2D eigenvalue weighted by molar-refractivity contribution is 5.68. The zero-order valence-electron chi connectivity index (χ0n) is 9.05. The summed E-state index contributed by atoms with van der Waals surface area (Å²) in [5.74, 6) is 1.85. The molecule has 0 spiro atoms. The molecule has 1 fully saturated rings. The van der Waals surface area contributed by atoms with E-state index in [2.05, 4.69) is 23.5 Å². The fourth-order valence-corrected chi connectivity index (χ4v) is 1.87. The standard InChI is InChI=1S/C11H18N2O2/c1-3-5-9(4-2)13-11(6-10(14)15)7-12-8-11/h1,9,12-13H,4-8H2,2H3,(H,14,15). The third-order valence-corrected chi connectivity index (χ3v) is 2.78. The maximum atomic E-state index is 10.7. The Hall–Kier alpha value is -1.05. The van der Waals surface area contributed by atoms with Crippen LogP contribution in [0.2, 0.25) is 0 Å². The number of carboxylic acid groups (broad SMARTS) is 1. The van der Waals surface area contributed by atoms with Crippen molar-refractivity contribution in [3.05, 3.63) is 0 Å². The normalized spacial score (nSPS) is 20.0. The van der Waals surface area contributed by atoms with Gasteiger partial charge in [-0.05, 0) is 6.42 Å². The number of carboxylic acids is 1. The number of aliphatic carboxylic acids is 1. The Kier molecular flexibility index (Phi) is 4.13. The maximum Gasteiger partial charge on any atom is 0.305 e. The van der Waals surface area contributed by atoms with Crippen LogP contribution in [0.4, 0.5) is 0 Å². The van der Waals surface area contributed by atoms with Crippen LogP contribution in [0.15, 0.2) is 0 Å².